The summed E-state index contributed by atoms with van der Waals surface area (Å²) in [5.41, 5.74) is 2.08. The summed E-state index contributed by atoms with van der Waals surface area (Å²) in [5, 5.41) is 9.63. The van der Waals surface area contributed by atoms with Crippen LogP contribution in [0.5, 0.6) is 5.75 Å². The minimum atomic E-state index is -4.94. The summed E-state index contributed by atoms with van der Waals surface area (Å²) in [7, 11) is 0. The molecule has 2 aromatic heterocycles. The normalized spacial score (nSPS) is 11.4. The van der Waals surface area contributed by atoms with E-state index in [1.807, 2.05) is 0 Å². The van der Waals surface area contributed by atoms with Crippen LogP contribution >= 0.6 is 11.6 Å². The minimum Gasteiger partial charge on any atom is -0.406 e. The van der Waals surface area contributed by atoms with Crippen LogP contribution in [0.4, 0.5) is 23.4 Å². The van der Waals surface area contributed by atoms with Crippen molar-refractivity contribution in [2.75, 3.05) is 5.32 Å². The van der Waals surface area contributed by atoms with Gasteiger partial charge in [0, 0.05) is 24.6 Å². The maximum atomic E-state index is 14.1. The molecule has 4 rings (SSSR count). The number of alkyl halides is 3. The number of benzene rings is 2. The molecule has 13 heteroatoms. The highest BCUT2D eigenvalue weighted by atomic mass is 35.5. The number of carbonyl (C=O) groups excluding carboxylic acids is 2. The first kappa shape index (κ1) is 25.9. The molecule has 0 radical (unpaired) electrons. The van der Waals surface area contributed by atoms with Crippen LogP contribution in [0, 0.1) is 12.7 Å². The molecule has 0 spiro atoms. The second-order valence-electron chi connectivity index (χ2n) is 7.96. The molecule has 0 saturated carbocycles. The molecule has 0 unspecified atom stereocenters. The number of halogens is 5. The molecular formula is C24H18ClF4N5O3. The molecule has 4 aromatic rings. The van der Waals surface area contributed by atoms with Crippen LogP contribution in [0.15, 0.2) is 48.7 Å². The van der Waals surface area contributed by atoms with Gasteiger partial charge in [-0.3, -0.25) is 9.59 Å². The summed E-state index contributed by atoms with van der Waals surface area (Å²) >= 11 is 6.29. The Hall–Kier alpha value is -4.19. The van der Waals surface area contributed by atoms with E-state index >= 15 is 0 Å². The van der Waals surface area contributed by atoms with Crippen LogP contribution in [-0.4, -0.2) is 32.8 Å². The number of imidazole rings is 1. The lowest BCUT2D eigenvalue weighted by Gasteiger charge is -2.13. The van der Waals surface area contributed by atoms with E-state index < -0.39 is 30.4 Å². The van der Waals surface area contributed by atoms with Crippen LogP contribution in [0.25, 0.3) is 16.9 Å². The summed E-state index contributed by atoms with van der Waals surface area (Å²) in [6.45, 7) is 2.71. The zero-order chi connectivity index (χ0) is 26.9. The Morgan fingerprint density at radius 2 is 1.89 bits per heavy atom. The van der Waals surface area contributed by atoms with E-state index in [2.05, 4.69) is 25.5 Å². The molecule has 0 aliphatic rings. The van der Waals surface area contributed by atoms with Gasteiger partial charge in [-0.05, 0) is 55.0 Å². The molecule has 37 heavy (non-hydrogen) atoms. The molecule has 8 nitrogen and oxygen atoms in total. The van der Waals surface area contributed by atoms with E-state index in [1.54, 1.807) is 25.1 Å². The molecule has 0 bridgehead atoms. The molecule has 2 amide bonds. The highest BCUT2D eigenvalue weighted by Gasteiger charge is 2.31. The lowest BCUT2D eigenvalue weighted by molar-refractivity contribution is -0.274. The average molecular weight is 536 g/mol. The lowest BCUT2D eigenvalue weighted by Crippen LogP contribution is -2.24. The number of aromatic nitrogens is 3. The van der Waals surface area contributed by atoms with Gasteiger partial charge < -0.3 is 15.4 Å². The number of hydrogen-bond acceptors (Lipinski definition) is 5. The number of rotatable bonds is 6. The highest BCUT2D eigenvalue weighted by molar-refractivity contribution is 6.34. The third-order valence-corrected chi connectivity index (χ3v) is 5.46. The number of nitrogens with zero attached hydrogens (tertiary/aromatic N) is 3. The third kappa shape index (κ3) is 6.15. The van der Waals surface area contributed by atoms with Gasteiger partial charge >= 0.3 is 6.36 Å². The minimum absolute atomic E-state index is 0.0526. The Morgan fingerprint density at radius 3 is 2.59 bits per heavy atom. The molecule has 0 aliphatic carbocycles. The molecule has 2 aromatic carbocycles. The first-order chi connectivity index (χ1) is 17.4. The number of ether oxygens (including phenoxy) is 1. The molecule has 2 N–H and O–H groups in total. The van der Waals surface area contributed by atoms with E-state index in [1.165, 1.54) is 23.7 Å². The average Bonchev–Trinajstić information content (AvgIpc) is 3.19. The van der Waals surface area contributed by atoms with Crippen molar-refractivity contribution >= 4 is 34.9 Å². The SMILES string of the molecule is CC(=O)Nc1cn2nc(-c3cc(C(=O)NCc4cc(OC(F)(F)F)ccc4F)c(Cl)cc3C)ccc2n1. The molecule has 0 aliphatic heterocycles. The smallest absolute Gasteiger partial charge is 0.406 e. The molecule has 0 atom stereocenters. The quantitative estimate of drug-likeness (QED) is 0.327. The first-order valence-electron chi connectivity index (χ1n) is 10.7. The predicted octanol–water partition coefficient (Wildman–Crippen LogP) is 5.28. The highest BCUT2D eigenvalue weighted by Crippen LogP contribution is 2.29. The van der Waals surface area contributed by atoms with Crippen molar-refractivity contribution in [1.29, 1.82) is 0 Å². The van der Waals surface area contributed by atoms with E-state index in [-0.39, 0.29) is 22.1 Å². The number of amides is 2. The fraction of sp³-hybridized carbons (Fsp3) is 0.167. The molecule has 192 valence electrons. The number of nitrogens with one attached hydrogen (secondary N) is 2. The van der Waals surface area contributed by atoms with E-state index in [9.17, 15) is 27.2 Å². The van der Waals surface area contributed by atoms with Crippen molar-refractivity contribution < 1.29 is 31.9 Å². The van der Waals surface area contributed by atoms with Crippen molar-refractivity contribution in [1.82, 2.24) is 19.9 Å². The fourth-order valence-electron chi connectivity index (χ4n) is 3.54. The number of fused-ring (bicyclic) bond motifs is 1. The largest absolute Gasteiger partial charge is 0.573 e. The van der Waals surface area contributed by atoms with Crippen LogP contribution < -0.4 is 15.4 Å². The van der Waals surface area contributed by atoms with Crippen molar-refractivity contribution in [2.45, 2.75) is 26.8 Å². The van der Waals surface area contributed by atoms with Crippen LogP contribution in [0.3, 0.4) is 0 Å². The maximum absolute atomic E-state index is 14.1. The van der Waals surface area contributed by atoms with Crippen molar-refractivity contribution in [2.24, 2.45) is 0 Å². The van der Waals surface area contributed by atoms with Gasteiger partial charge in [0.1, 0.15) is 11.6 Å². The predicted molar refractivity (Wildman–Crippen MR) is 127 cm³/mol. The maximum Gasteiger partial charge on any atom is 0.573 e. The zero-order valence-corrected chi connectivity index (χ0v) is 20.0. The van der Waals surface area contributed by atoms with Crippen molar-refractivity contribution in [3.8, 4) is 17.0 Å². The van der Waals surface area contributed by atoms with Crippen LogP contribution in [0.1, 0.15) is 28.4 Å². The number of hydrogen-bond donors (Lipinski definition) is 2. The number of anilines is 1. The Bertz CT molecular complexity index is 1520. The van der Waals surface area contributed by atoms with Gasteiger partial charge in [-0.2, -0.15) is 5.10 Å². The fourth-order valence-corrected chi connectivity index (χ4v) is 3.85. The lowest BCUT2D eigenvalue weighted by atomic mass is 10.0. The van der Waals surface area contributed by atoms with Crippen LogP contribution in [-0.2, 0) is 11.3 Å². The van der Waals surface area contributed by atoms with Gasteiger partial charge in [0.15, 0.2) is 11.5 Å². The second kappa shape index (κ2) is 10.1. The number of aryl methyl sites for hydroxylation is 1. The van der Waals surface area contributed by atoms with Crippen LogP contribution in [0.2, 0.25) is 5.02 Å². The number of carbonyl (C=O) groups is 2. The molecule has 0 saturated heterocycles. The van der Waals surface area contributed by atoms with Gasteiger partial charge in [0.05, 0.1) is 22.5 Å². The van der Waals surface area contributed by atoms with Gasteiger partial charge in [-0.1, -0.05) is 11.6 Å². The van der Waals surface area contributed by atoms with E-state index in [0.29, 0.717) is 28.3 Å². The Labute approximate surface area is 212 Å². The third-order valence-electron chi connectivity index (χ3n) is 5.15. The summed E-state index contributed by atoms with van der Waals surface area (Å²) < 4.78 is 56.8. The summed E-state index contributed by atoms with van der Waals surface area (Å²) in [6.07, 6.45) is -3.41. The molecular weight excluding hydrogens is 518 g/mol. The molecule has 0 fully saturated rings. The van der Waals surface area contributed by atoms with Gasteiger partial charge in [0.25, 0.3) is 5.91 Å². The standard InChI is InChI=1S/C24H18ClF4N5O3/c1-12-7-18(25)17(23(36)30-10-14-8-15(3-4-19(14)26)37-24(27,28)29)9-16(12)20-5-6-22-32-21(31-13(2)35)11-34(22)33-20/h3-9,11H,10H2,1-2H3,(H,30,36)(H,31,35). The van der Waals surface area contributed by atoms with E-state index in [4.69, 9.17) is 11.6 Å². The van der Waals surface area contributed by atoms with Gasteiger partial charge in [-0.25, -0.2) is 13.9 Å². The Kier molecular flexibility index (Phi) is 7.03. The Morgan fingerprint density at radius 1 is 1.14 bits per heavy atom. The first-order valence-corrected chi connectivity index (χ1v) is 11.0. The van der Waals surface area contributed by atoms with Crippen molar-refractivity contribution in [3.63, 3.8) is 0 Å². The topological polar surface area (TPSA) is 97.6 Å². The van der Waals surface area contributed by atoms with Crippen molar-refractivity contribution in [3.05, 3.63) is 76.2 Å². The Balaban J connectivity index is 1.58. The monoisotopic (exact) mass is 535 g/mol. The summed E-state index contributed by atoms with van der Waals surface area (Å²) in [5.74, 6) is -2.07. The summed E-state index contributed by atoms with van der Waals surface area (Å²) in [4.78, 5) is 28.4. The second-order valence-corrected chi connectivity index (χ2v) is 8.37. The summed E-state index contributed by atoms with van der Waals surface area (Å²) in [6, 6.07) is 8.93. The van der Waals surface area contributed by atoms with Gasteiger partial charge in [0.2, 0.25) is 5.91 Å². The zero-order valence-electron chi connectivity index (χ0n) is 19.3. The van der Waals surface area contributed by atoms with Gasteiger partial charge in [-0.15, -0.1) is 13.2 Å². The molecule has 2 heterocycles. The van der Waals surface area contributed by atoms with E-state index in [0.717, 1.165) is 18.2 Å².